The molecule has 2 atom stereocenters. The zero-order valence-electron chi connectivity index (χ0n) is 39.6. The van der Waals surface area contributed by atoms with Crippen LogP contribution in [0.2, 0.25) is 0 Å². The zero-order chi connectivity index (χ0) is 51.5. The van der Waals surface area contributed by atoms with E-state index in [2.05, 4.69) is 53.6 Å². The largest absolute Gasteiger partial charge is 0.350 e. The highest BCUT2D eigenvalue weighted by Gasteiger charge is 2.40. The Labute approximate surface area is 421 Å². The van der Waals surface area contributed by atoms with Crippen LogP contribution in [0.1, 0.15) is 68.8 Å². The maximum absolute atomic E-state index is 14.9. The topological polar surface area (TPSA) is 170 Å². The molecule has 0 saturated carbocycles. The van der Waals surface area contributed by atoms with Crippen LogP contribution < -0.4 is 10.6 Å². The van der Waals surface area contributed by atoms with Gasteiger partial charge in [-0.3, -0.25) is 38.7 Å². The van der Waals surface area contributed by atoms with Crippen molar-refractivity contribution in [3.8, 4) is 11.1 Å². The van der Waals surface area contributed by atoms with Gasteiger partial charge in [0.05, 0.1) is 27.0 Å². The van der Waals surface area contributed by atoms with Gasteiger partial charge in [-0.15, -0.1) is 0 Å². The van der Waals surface area contributed by atoms with Gasteiger partial charge in [-0.25, -0.2) is 8.78 Å². The van der Waals surface area contributed by atoms with Crippen molar-refractivity contribution < 1.29 is 45.7 Å². The van der Waals surface area contributed by atoms with Crippen LogP contribution in [-0.4, -0.2) is 83.2 Å². The summed E-state index contributed by atoms with van der Waals surface area (Å²) in [4.78, 5) is 69.5. The van der Waals surface area contributed by atoms with E-state index < -0.39 is 50.6 Å². The summed E-state index contributed by atoms with van der Waals surface area (Å²) in [5.41, 5.74) is 5.47. The van der Waals surface area contributed by atoms with E-state index in [-0.39, 0.29) is 46.0 Å². The Balaban J connectivity index is 0.000000611. The third-order valence-electron chi connectivity index (χ3n) is 12.0. The molecule has 16 heteroatoms. The van der Waals surface area contributed by atoms with Crippen molar-refractivity contribution in [2.45, 2.75) is 50.7 Å². The van der Waals surface area contributed by atoms with E-state index in [1.807, 2.05) is 37.3 Å². The molecule has 4 amide bonds. The fraction of sp³-hybridized carbons (Fsp3) is 0.196. The molecule has 3 N–H and O–H groups in total. The summed E-state index contributed by atoms with van der Waals surface area (Å²) in [5.74, 6) is -3.55. The molecule has 2 heterocycles. The van der Waals surface area contributed by atoms with Crippen LogP contribution in [0.25, 0.3) is 23.3 Å². The minimum absolute atomic E-state index is 0.0102. The van der Waals surface area contributed by atoms with E-state index in [1.165, 1.54) is 30.3 Å². The van der Waals surface area contributed by atoms with Crippen LogP contribution in [0.15, 0.2) is 161 Å². The lowest BCUT2D eigenvalue weighted by atomic mass is 9.97. The molecule has 6 aromatic carbocycles. The summed E-state index contributed by atoms with van der Waals surface area (Å²) in [6.45, 7) is 7.90. The Morgan fingerprint density at radius 1 is 0.833 bits per heavy atom. The van der Waals surface area contributed by atoms with E-state index in [9.17, 15) is 41.2 Å². The van der Waals surface area contributed by atoms with Crippen LogP contribution in [0.3, 0.4) is 0 Å². The summed E-state index contributed by atoms with van der Waals surface area (Å²) >= 11 is 0.836. The van der Waals surface area contributed by atoms with Crippen LogP contribution in [0, 0.1) is 24.5 Å². The Hall–Kier alpha value is -7.37. The predicted octanol–water partition coefficient (Wildman–Crippen LogP) is 10.00. The van der Waals surface area contributed by atoms with Crippen LogP contribution in [-0.2, 0) is 26.3 Å². The van der Waals surface area contributed by atoms with E-state index in [4.69, 9.17) is 4.55 Å². The number of hydrogen-bond donors (Lipinski definition) is 3. The number of thioether (sulfide) groups is 1. The molecule has 8 rings (SSSR count). The van der Waals surface area contributed by atoms with Gasteiger partial charge < -0.3 is 10.2 Å². The number of nitrogens with zero attached hydrogens (tertiary/aromatic N) is 2. The summed E-state index contributed by atoms with van der Waals surface area (Å²) in [6.07, 6.45) is 5.20. The van der Waals surface area contributed by atoms with E-state index in [0.29, 0.717) is 30.5 Å². The van der Waals surface area contributed by atoms with E-state index >= 15 is 0 Å². The second-order valence-electron chi connectivity index (χ2n) is 17.7. The number of nitrogens with one attached hydrogen (secondary N) is 2. The molecule has 72 heavy (non-hydrogen) atoms. The van der Waals surface area contributed by atoms with Crippen molar-refractivity contribution in [2.75, 3.05) is 19.6 Å². The van der Waals surface area contributed by atoms with Gasteiger partial charge in [0.15, 0.2) is 5.78 Å². The highest BCUT2D eigenvalue weighted by atomic mass is 32.2. The van der Waals surface area contributed by atoms with Crippen LogP contribution >= 0.6 is 11.8 Å². The molecule has 0 spiro atoms. The molecule has 6 aromatic rings. The number of likely N-dealkylation sites (tertiary alicyclic amines) is 1. The Kier molecular flexibility index (Phi) is 17.3. The van der Waals surface area contributed by atoms with Gasteiger partial charge in [0.1, 0.15) is 11.6 Å². The molecule has 12 nitrogen and oxygen atoms in total. The van der Waals surface area contributed by atoms with E-state index in [1.54, 1.807) is 65.6 Å². The first-order valence-electron chi connectivity index (χ1n) is 23.1. The zero-order valence-corrected chi connectivity index (χ0v) is 41.3. The van der Waals surface area contributed by atoms with Crippen LogP contribution in [0.4, 0.5) is 13.6 Å². The lowest BCUT2D eigenvalue weighted by Gasteiger charge is -2.31. The number of carbonyl (C=O) groups excluding carboxylic acids is 5. The molecule has 0 bridgehead atoms. The lowest BCUT2D eigenvalue weighted by Crippen LogP contribution is -2.44. The van der Waals surface area contributed by atoms with Gasteiger partial charge >= 0.3 is 0 Å². The summed E-state index contributed by atoms with van der Waals surface area (Å²) in [6, 6.07) is 39.9. The van der Waals surface area contributed by atoms with Crippen molar-refractivity contribution in [2.24, 2.45) is 5.92 Å². The minimum atomic E-state index is -4.02. The molecule has 0 unspecified atom stereocenters. The third-order valence-corrected chi connectivity index (χ3v) is 13.6. The van der Waals surface area contributed by atoms with Crippen molar-refractivity contribution in [1.82, 2.24) is 20.4 Å². The van der Waals surface area contributed by atoms with Crippen LogP contribution in [0.5, 0.6) is 0 Å². The number of imide groups is 1. The molecule has 0 aromatic heterocycles. The van der Waals surface area contributed by atoms with Crippen molar-refractivity contribution >= 4 is 62.8 Å². The maximum atomic E-state index is 14.9. The fourth-order valence-corrected chi connectivity index (χ4v) is 9.63. The molecule has 2 saturated heterocycles. The van der Waals surface area contributed by atoms with Crippen molar-refractivity contribution in [1.29, 1.82) is 0 Å². The first-order valence-corrected chi connectivity index (χ1v) is 25.3. The summed E-state index contributed by atoms with van der Waals surface area (Å²) < 4.78 is 58.2. The molecule has 2 aliphatic heterocycles. The normalized spacial score (nSPS) is 16.3. The molecule has 0 radical (unpaired) electrons. The quantitative estimate of drug-likeness (QED) is 0.0511. The van der Waals surface area contributed by atoms with Gasteiger partial charge in [0, 0.05) is 49.9 Å². The highest BCUT2D eigenvalue weighted by Crippen LogP contribution is 2.31. The average Bonchev–Trinajstić information content (AvgIpc) is 3.93. The number of amides is 4. The minimum Gasteiger partial charge on any atom is -0.350 e. The molecule has 370 valence electrons. The van der Waals surface area contributed by atoms with Gasteiger partial charge in [0.25, 0.3) is 27.2 Å². The predicted molar refractivity (Wildman–Crippen MR) is 275 cm³/mol. The molecule has 2 fully saturated rings. The van der Waals surface area contributed by atoms with Gasteiger partial charge in [-0.05, 0) is 101 Å². The fourth-order valence-electron chi connectivity index (χ4n) is 8.46. The monoisotopic (exact) mass is 1010 g/mol. The number of benzene rings is 6. The number of ketones is 1. The Morgan fingerprint density at radius 3 is 2.14 bits per heavy atom. The first-order chi connectivity index (χ1) is 34.4. The van der Waals surface area contributed by atoms with Crippen molar-refractivity contribution in [3.63, 3.8) is 0 Å². The SMILES string of the molecule is CC(C)CN(Cc1ccccc1-c1ccccc1)[C@@H]1C[C@@H](CNC(=O)/C=C/c2ccc(/C=C3\SC(=O)NC3=O)cc2)N(C(=O)c2ccccc2C(=O)c2ccc(F)cc2F)C1.Cc1ccc(S(=O)(=O)O)cc1. The molecular formula is C56H52F2N4O8S2. The molecule has 2 aliphatic rings. The number of hydrogen-bond acceptors (Lipinski definition) is 9. The first kappa shape index (κ1) is 52.5. The number of halogens is 2. The van der Waals surface area contributed by atoms with Gasteiger partial charge in [-0.2, -0.15) is 8.42 Å². The molecular weight excluding hydrogens is 959 g/mol. The number of aryl methyl sites for hydroxylation is 1. The second-order valence-corrected chi connectivity index (χ2v) is 20.2. The van der Waals surface area contributed by atoms with E-state index in [0.717, 1.165) is 63.8 Å². The van der Waals surface area contributed by atoms with Gasteiger partial charge in [-0.1, -0.05) is 129 Å². The highest BCUT2D eigenvalue weighted by molar-refractivity contribution is 8.18. The standard InChI is InChI=1S/C49H44F2N4O5S.C7H8O3S/c1-31(2)28-54(29-35-12-6-7-13-39(35)34-10-4-3-5-11-34)38-26-37(27-52-45(56)23-20-32-16-18-33(19-17-32)24-44-47(58)53-49(60)61-44)55(30-38)48(59)41-15-9-8-14-40(41)46(57)42-22-21-36(50)25-43(42)51;1-6-2-4-7(5-3-6)11(8,9)10/h3-25,31,37-38H,26-30H2,1-2H3,(H,52,56)(H,53,58,60);2-5H,1H3,(H,8,9,10)/b23-20+,44-24-;/t37-,38+;/m0./s1. The van der Waals surface area contributed by atoms with Crippen molar-refractivity contribution in [3.05, 3.63) is 207 Å². The Bertz CT molecular complexity index is 3150. The average molecular weight is 1010 g/mol. The summed E-state index contributed by atoms with van der Waals surface area (Å²) in [5, 5.41) is 4.79. The number of rotatable bonds is 15. The lowest BCUT2D eigenvalue weighted by molar-refractivity contribution is -0.117. The smallest absolute Gasteiger partial charge is 0.294 e. The Morgan fingerprint density at radius 2 is 1.49 bits per heavy atom. The summed E-state index contributed by atoms with van der Waals surface area (Å²) in [7, 11) is -4.02. The van der Waals surface area contributed by atoms with Gasteiger partial charge in [0.2, 0.25) is 5.91 Å². The third kappa shape index (κ3) is 13.7. The molecule has 0 aliphatic carbocycles. The number of carbonyl (C=O) groups is 5. The second kappa shape index (κ2) is 23.7. The maximum Gasteiger partial charge on any atom is 0.294 e.